The predicted molar refractivity (Wildman–Crippen MR) is 93.8 cm³/mol. The van der Waals surface area contributed by atoms with Gasteiger partial charge in [-0.05, 0) is 50.1 Å². The van der Waals surface area contributed by atoms with Crippen molar-refractivity contribution in [2.75, 3.05) is 0 Å². The second-order valence-electron chi connectivity index (χ2n) is 6.10. The zero-order valence-corrected chi connectivity index (χ0v) is 14.5. The normalized spacial score (nSPS) is 11.4. The summed E-state index contributed by atoms with van der Waals surface area (Å²) in [6.07, 6.45) is 1.69. The molecule has 0 bridgehead atoms. The van der Waals surface area contributed by atoms with Crippen LogP contribution in [0.2, 0.25) is 0 Å². The fourth-order valence-corrected chi connectivity index (χ4v) is 3.16. The average molecular weight is 341 g/mol. The van der Waals surface area contributed by atoms with Crippen LogP contribution >= 0.6 is 0 Å². The Morgan fingerprint density at radius 2 is 1.88 bits per heavy atom. The summed E-state index contributed by atoms with van der Waals surface area (Å²) >= 11 is 0. The smallest absolute Gasteiger partial charge is 0.336 e. The van der Waals surface area contributed by atoms with Gasteiger partial charge in [0.05, 0.1) is 22.3 Å². The molecule has 0 amide bonds. The number of carboxylic acids is 1. The molecule has 1 N–H and O–H groups in total. The van der Waals surface area contributed by atoms with Gasteiger partial charge in [-0.3, -0.25) is 0 Å². The van der Waals surface area contributed by atoms with Crippen LogP contribution in [0.3, 0.4) is 0 Å². The predicted octanol–water partition coefficient (Wildman–Crippen LogP) is 4.47. The Labute approximate surface area is 145 Å². The van der Waals surface area contributed by atoms with E-state index in [-0.39, 0.29) is 17.3 Å². The Hall–Kier alpha value is -2.76. The first-order valence-electron chi connectivity index (χ1n) is 8.35. The van der Waals surface area contributed by atoms with Crippen molar-refractivity contribution in [3.8, 4) is 5.69 Å². The standard InChI is InChI=1S/C19H20FN3O2/c1-4-12(5-2)17-16-15(19(24)25)10-11(3)21-18(16)23(22-17)14-8-6-13(20)7-9-14/h6-10,12H,4-5H2,1-3H3,(H,24,25). The molecule has 0 aliphatic heterocycles. The largest absolute Gasteiger partial charge is 0.478 e. The third kappa shape index (κ3) is 2.99. The second kappa shape index (κ2) is 6.63. The van der Waals surface area contributed by atoms with Crippen molar-refractivity contribution in [3.05, 3.63) is 53.1 Å². The molecule has 25 heavy (non-hydrogen) atoms. The number of aromatic nitrogens is 3. The van der Waals surface area contributed by atoms with Gasteiger partial charge in [-0.2, -0.15) is 5.10 Å². The Morgan fingerprint density at radius 3 is 2.44 bits per heavy atom. The highest BCUT2D eigenvalue weighted by molar-refractivity contribution is 6.03. The third-order valence-corrected chi connectivity index (χ3v) is 4.47. The SMILES string of the molecule is CCC(CC)c1nn(-c2ccc(F)cc2)c2nc(C)cc(C(=O)O)c12. The molecule has 0 unspecified atom stereocenters. The van der Waals surface area contributed by atoms with E-state index < -0.39 is 5.97 Å². The second-order valence-corrected chi connectivity index (χ2v) is 6.10. The number of fused-ring (bicyclic) bond motifs is 1. The molecule has 3 rings (SSSR count). The number of hydrogen-bond acceptors (Lipinski definition) is 3. The highest BCUT2D eigenvalue weighted by Crippen LogP contribution is 2.33. The van der Waals surface area contributed by atoms with Crippen molar-refractivity contribution in [2.24, 2.45) is 0 Å². The van der Waals surface area contributed by atoms with Crippen molar-refractivity contribution in [1.82, 2.24) is 14.8 Å². The van der Waals surface area contributed by atoms with E-state index in [4.69, 9.17) is 0 Å². The van der Waals surface area contributed by atoms with Crippen LogP contribution in [0.5, 0.6) is 0 Å². The molecule has 0 saturated heterocycles. The molecule has 0 aliphatic carbocycles. The van der Waals surface area contributed by atoms with Gasteiger partial charge in [0.25, 0.3) is 0 Å². The van der Waals surface area contributed by atoms with Crippen LogP contribution in [0.1, 0.15) is 54.4 Å². The zero-order valence-electron chi connectivity index (χ0n) is 14.5. The minimum absolute atomic E-state index is 0.131. The number of halogens is 1. The molecule has 0 aliphatic rings. The summed E-state index contributed by atoms with van der Waals surface area (Å²) in [5, 5.41) is 14.9. The quantitative estimate of drug-likeness (QED) is 0.743. The zero-order chi connectivity index (χ0) is 18.1. The minimum Gasteiger partial charge on any atom is -0.478 e. The van der Waals surface area contributed by atoms with Gasteiger partial charge in [0.1, 0.15) is 5.82 Å². The summed E-state index contributed by atoms with van der Waals surface area (Å²) < 4.78 is 14.9. The third-order valence-electron chi connectivity index (χ3n) is 4.47. The number of carbonyl (C=O) groups is 1. The van der Waals surface area contributed by atoms with Gasteiger partial charge in [0.2, 0.25) is 0 Å². The highest BCUT2D eigenvalue weighted by atomic mass is 19.1. The topological polar surface area (TPSA) is 68.0 Å². The number of pyridine rings is 1. The fourth-order valence-electron chi connectivity index (χ4n) is 3.16. The van der Waals surface area contributed by atoms with Crippen LogP contribution in [-0.4, -0.2) is 25.8 Å². The van der Waals surface area contributed by atoms with Crippen LogP contribution in [-0.2, 0) is 0 Å². The number of benzene rings is 1. The molecule has 5 nitrogen and oxygen atoms in total. The summed E-state index contributed by atoms with van der Waals surface area (Å²) in [4.78, 5) is 16.3. The minimum atomic E-state index is -0.999. The van der Waals surface area contributed by atoms with Gasteiger partial charge in [-0.1, -0.05) is 13.8 Å². The Bertz CT molecular complexity index is 928. The molecule has 2 heterocycles. The maximum atomic E-state index is 13.3. The number of hydrogen-bond donors (Lipinski definition) is 1. The van der Waals surface area contributed by atoms with E-state index in [0.717, 1.165) is 18.5 Å². The van der Waals surface area contributed by atoms with Crippen LogP contribution in [0.15, 0.2) is 30.3 Å². The van der Waals surface area contributed by atoms with Crippen LogP contribution in [0.25, 0.3) is 16.7 Å². The molecule has 2 aromatic heterocycles. The molecule has 130 valence electrons. The number of aryl methyl sites for hydroxylation is 1. The van der Waals surface area contributed by atoms with E-state index in [2.05, 4.69) is 23.9 Å². The molecule has 0 spiro atoms. The lowest BCUT2D eigenvalue weighted by Gasteiger charge is -2.10. The summed E-state index contributed by atoms with van der Waals surface area (Å²) in [6.45, 7) is 5.86. The highest BCUT2D eigenvalue weighted by Gasteiger charge is 2.24. The molecule has 1 aromatic carbocycles. The fraction of sp³-hybridized carbons (Fsp3) is 0.316. The molecular formula is C19H20FN3O2. The van der Waals surface area contributed by atoms with Crippen LogP contribution in [0, 0.1) is 12.7 Å². The van der Waals surface area contributed by atoms with E-state index in [1.807, 2.05) is 0 Å². The average Bonchev–Trinajstić information content (AvgIpc) is 2.95. The maximum absolute atomic E-state index is 13.3. The summed E-state index contributed by atoms with van der Waals surface area (Å²) in [5.74, 6) is -1.20. The van der Waals surface area contributed by atoms with Crippen LogP contribution < -0.4 is 0 Å². The Morgan fingerprint density at radius 1 is 1.24 bits per heavy atom. The number of rotatable bonds is 5. The van der Waals surface area contributed by atoms with E-state index >= 15 is 0 Å². The van der Waals surface area contributed by atoms with Gasteiger partial charge in [-0.25, -0.2) is 18.9 Å². The van der Waals surface area contributed by atoms with Crippen molar-refractivity contribution in [2.45, 2.75) is 39.5 Å². The van der Waals surface area contributed by atoms with Crippen LogP contribution in [0.4, 0.5) is 4.39 Å². The van der Waals surface area contributed by atoms with E-state index in [1.165, 1.54) is 12.1 Å². The lowest BCUT2D eigenvalue weighted by Crippen LogP contribution is -2.03. The van der Waals surface area contributed by atoms with Gasteiger partial charge in [0.15, 0.2) is 5.65 Å². The number of aromatic carboxylic acids is 1. The number of carboxylic acid groups (broad SMARTS) is 1. The van der Waals surface area contributed by atoms with Gasteiger partial charge in [-0.15, -0.1) is 0 Å². The lowest BCUT2D eigenvalue weighted by molar-refractivity contribution is 0.0698. The Kier molecular flexibility index (Phi) is 4.53. The van der Waals surface area contributed by atoms with E-state index in [0.29, 0.717) is 22.4 Å². The monoisotopic (exact) mass is 341 g/mol. The summed E-state index contributed by atoms with van der Waals surface area (Å²) in [5.41, 5.74) is 2.68. The molecule has 6 heteroatoms. The maximum Gasteiger partial charge on any atom is 0.336 e. The lowest BCUT2D eigenvalue weighted by atomic mass is 9.95. The van der Waals surface area contributed by atoms with Crippen molar-refractivity contribution < 1.29 is 14.3 Å². The van der Waals surface area contributed by atoms with Gasteiger partial charge >= 0.3 is 5.97 Å². The molecular weight excluding hydrogens is 321 g/mol. The van der Waals surface area contributed by atoms with Gasteiger partial charge < -0.3 is 5.11 Å². The molecule has 0 fully saturated rings. The molecule has 0 saturated carbocycles. The first kappa shape index (κ1) is 17.1. The van der Waals surface area contributed by atoms with E-state index in [1.54, 1.807) is 29.8 Å². The van der Waals surface area contributed by atoms with Crippen molar-refractivity contribution in [1.29, 1.82) is 0 Å². The van der Waals surface area contributed by atoms with Gasteiger partial charge in [0, 0.05) is 11.6 Å². The summed E-state index contributed by atoms with van der Waals surface area (Å²) in [6, 6.07) is 7.51. The first-order chi connectivity index (χ1) is 12.0. The molecule has 3 aromatic rings. The van der Waals surface area contributed by atoms with Crippen molar-refractivity contribution in [3.63, 3.8) is 0 Å². The number of nitrogens with zero attached hydrogens (tertiary/aromatic N) is 3. The first-order valence-corrected chi connectivity index (χ1v) is 8.35. The van der Waals surface area contributed by atoms with E-state index in [9.17, 15) is 14.3 Å². The summed E-state index contributed by atoms with van der Waals surface area (Å²) in [7, 11) is 0. The van der Waals surface area contributed by atoms with Crippen molar-refractivity contribution >= 4 is 17.0 Å². The molecule has 0 atom stereocenters. The molecule has 0 radical (unpaired) electrons. The Balaban J connectivity index is 2.38.